The summed E-state index contributed by atoms with van der Waals surface area (Å²) in [6.07, 6.45) is 1.23. The summed E-state index contributed by atoms with van der Waals surface area (Å²) >= 11 is 7.59. The number of para-hydroxylation sites is 1. The van der Waals surface area contributed by atoms with Crippen molar-refractivity contribution in [3.63, 3.8) is 0 Å². The molecule has 0 bridgehead atoms. The van der Waals surface area contributed by atoms with Gasteiger partial charge in [-0.2, -0.15) is 5.26 Å². The van der Waals surface area contributed by atoms with Crippen LogP contribution in [0.3, 0.4) is 0 Å². The fourth-order valence-corrected chi connectivity index (χ4v) is 2.50. The molecule has 0 aliphatic rings. The van der Waals surface area contributed by atoms with E-state index in [9.17, 15) is 0 Å². The van der Waals surface area contributed by atoms with Crippen LogP contribution >= 0.6 is 22.9 Å². The SMILES string of the molecule is N#CCCc1nc2c(Cl)cccc2s1. The molecule has 14 heavy (non-hydrogen) atoms. The smallest absolute Gasteiger partial charge is 0.100 e. The van der Waals surface area contributed by atoms with Crippen molar-refractivity contribution in [2.75, 3.05) is 0 Å². The molecule has 0 N–H and O–H groups in total. The quantitative estimate of drug-likeness (QED) is 0.781. The Morgan fingerprint density at radius 2 is 2.36 bits per heavy atom. The van der Waals surface area contributed by atoms with Gasteiger partial charge < -0.3 is 0 Å². The van der Waals surface area contributed by atoms with E-state index in [1.54, 1.807) is 11.3 Å². The van der Waals surface area contributed by atoms with E-state index in [1.807, 2.05) is 18.2 Å². The Bertz CT molecular complexity index is 498. The largest absolute Gasteiger partial charge is 0.240 e. The lowest BCUT2D eigenvalue weighted by Crippen LogP contribution is -1.80. The third kappa shape index (κ3) is 1.72. The second-order valence-corrected chi connectivity index (χ2v) is 4.37. The van der Waals surface area contributed by atoms with Gasteiger partial charge in [0, 0.05) is 12.8 Å². The van der Waals surface area contributed by atoms with E-state index in [1.165, 1.54) is 0 Å². The minimum absolute atomic E-state index is 0.511. The summed E-state index contributed by atoms with van der Waals surface area (Å²) in [5.74, 6) is 0. The highest BCUT2D eigenvalue weighted by molar-refractivity contribution is 7.18. The van der Waals surface area contributed by atoms with Gasteiger partial charge in [-0.15, -0.1) is 11.3 Å². The highest BCUT2D eigenvalue weighted by Gasteiger charge is 2.05. The first-order valence-electron chi connectivity index (χ1n) is 4.22. The van der Waals surface area contributed by atoms with Gasteiger partial charge in [-0.05, 0) is 12.1 Å². The van der Waals surface area contributed by atoms with Crippen LogP contribution in [0.5, 0.6) is 0 Å². The molecule has 2 nitrogen and oxygen atoms in total. The number of nitriles is 1. The molecule has 1 heterocycles. The average Bonchev–Trinajstić information content (AvgIpc) is 2.59. The number of hydrogen-bond donors (Lipinski definition) is 0. The molecular formula is C10H7ClN2S. The summed E-state index contributed by atoms with van der Waals surface area (Å²) in [6, 6.07) is 7.85. The van der Waals surface area contributed by atoms with Crippen molar-refractivity contribution in [1.82, 2.24) is 4.98 Å². The highest BCUT2D eigenvalue weighted by atomic mass is 35.5. The van der Waals surface area contributed by atoms with Crippen molar-refractivity contribution in [3.8, 4) is 6.07 Å². The van der Waals surface area contributed by atoms with Crippen molar-refractivity contribution < 1.29 is 0 Å². The predicted octanol–water partition coefficient (Wildman–Crippen LogP) is 3.41. The molecule has 2 rings (SSSR count). The van der Waals surface area contributed by atoms with E-state index in [0.29, 0.717) is 17.9 Å². The summed E-state index contributed by atoms with van der Waals surface area (Å²) < 4.78 is 1.09. The van der Waals surface area contributed by atoms with E-state index < -0.39 is 0 Å². The molecule has 0 amide bonds. The minimum atomic E-state index is 0.511. The zero-order valence-electron chi connectivity index (χ0n) is 7.33. The lowest BCUT2D eigenvalue weighted by atomic mass is 10.3. The molecule has 0 spiro atoms. The third-order valence-corrected chi connectivity index (χ3v) is 3.25. The molecule has 0 radical (unpaired) electrons. The number of halogens is 1. The molecule has 0 unspecified atom stereocenters. The topological polar surface area (TPSA) is 36.7 Å². The number of hydrogen-bond acceptors (Lipinski definition) is 3. The van der Waals surface area contributed by atoms with E-state index in [-0.39, 0.29) is 0 Å². The summed E-state index contributed by atoms with van der Waals surface area (Å²) in [5.41, 5.74) is 0.854. The lowest BCUT2D eigenvalue weighted by Gasteiger charge is -1.88. The van der Waals surface area contributed by atoms with Gasteiger partial charge in [-0.25, -0.2) is 4.98 Å². The van der Waals surface area contributed by atoms with Crippen LogP contribution in [0, 0.1) is 11.3 Å². The van der Waals surface area contributed by atoms with Gasteiger partial charge in [-0.1, -0.05) is 17.7 Å². The molecule has 1 aromatic carbocycles. The molecule has 2 aromatic rings. The monoisotopic (exact) mass is 222 g/mol. The van der Waals surface area contributed by atoms with Gasteiger partial charge in [0.25, 0.3) is 0 Å². The van der Waals surface area contributed by atoms with Gasteiger partial charge in [0.05, 0.1) is 20.8 Å². The lowest BCUT2D eigenvalue weighted by molar-refractivity contribution is 0.996. The number of aromatic nitrogens is 1. The maximum atomic E-state index is 8.46. The molecular weight excluding hydrogens is 216 g/mol. The second-order valence-electron chi connectivity index (χ2n) is 2.85. The fourth-order valence-electron chi connectivity index (χ4n) is 1.23. The first-order chi connectivity index (χ1) is 6.81. The van der Waals surface area contributed by atoms with Gasteiger partial charge in [0.2, 0.25) is 0 Å². The predicted molar refractivity (Wildman–Crippen MR) is 58.6 cm³/mol. The summed E-state index contributed by atoms with van der Waals surface area (Å²) in [7, 11) is 0. The van der Waals surface area contributed by atoms with Crippen molar-refractivity contribution >= 4 is 33.2 Å². The standard InChI is InChI=1S/C10H7ClN2S/c11-7-3-1-4-8-10(7)13-9(14-8)5-2-6-12/h1,3-4H,2,5H2. The zero-order valence-corrected chi connectivity index (χ0v) is 8.90. The Balaban J connectivity index is 2.42. The molecule has 0 fully saturated rings. The molecule has 1 aromatic heterocycles. The summed E-state index contributed by atoms with van der Waals surface area (Å²) in [5, 5.41) is 10.1. The Morgan fingerprint density at radius 1 is 1.50 bits per heavy atom. The van der Waals surface area contributed by atoms with Crippen LogP contribution in [0.2, 0.25) is 5.02 Å². The molecule has 0 saturated heterocycles. The number of rotatable bonds is 2. The number of thiazole rings is 1. The van der Waals surface area contributed by atoms with Crippen LogP contribution in [0.4, 0.5) is 0 Å². The summed E-state index contributed by atoms with van der Waals surface area (Å²) in [6.45, 7) is 0. The number of nitrogens with zero attached hydrogens (tertiary/aromatic N) is 2. The Hall–Kier alpha value is -1.11. The Labute approximate surface area is 90.8 Å². The molecule has 0 aliphatic heterocycles. The normalized spacial score (nSPS) is 10.3. The first-order valence-corrected chi connectivity index (χ1v) is 5.41. The first kappa shape index (κ1) is 9.45. The van der Waals surface area contributed by atoms with Crippen LogP contribution < -0.4 is 0 Å². The van der Waals surface area contributed by atoms with Crippen molar-refractivity contribution in [3.05, 3.63) is 28.2 Å². The molecule has 0 atom stereocenters. The van der Waals surface area contributed by atoms with Crippen LogP contribution in [0.1, 0.15) is 11.4 Å². The van der Waals surface area contributed by atoms with Crippen molar-refractivity contribution in [1.29, 1.82) is 5.26 Å². The van der Waals surface area contributed by atoms with Crippen LogP contribution in [-0.2, 0) is 6.42 Å². The Kier molecular flexibility index (Phi) is 2.67. The van der Waals surface area contributed by atoms with Crippen LogP contribution in [-0.4, -0.2) is 4.98 Å². The number of benzene rings is 1. The van der Waals surface area contributed by atoms with Crippen molar-refractivity contribution in [2.24, 2.45) is 0 Å². The maximum absolute atomic E-state index is 8.46. The summed E-state index contributed by atoms with van der Waals surface area (Å²) in [4.78, 5) is 4.39. The van der Waals surface area contributed by atoms with Crippen LogP contribution in [0.15, 0.2) is 18.2 Å². The molecule has 70 valence electrons. The zero-order chi connectivity index (χ0) is 9.97. The fraction of sp³-hybridized carbons (Fsp3) is 0.200. The van der Waals surface area contributed by atoms with E-state index in [4.69, 9.17) is 16.9 Å². The maximum Gasteiger partial charge on any atom is 0.100 e. The van der Waals surface area contributed by atoms with E-state index in [0.717, 1.165) is 15.2 Å². The Morgan fingerprint density at radius 3 is 3.07 bits per heavy atom. The average molecular weight is 223 g/mol. The van der Waals surface area contributed by atoms with Crippen molar-refractivity contribution in [2.45, 2.75) is 12.8 Å². The molecule has 0 aliphatic carbocycles. The molecule has 0 saturated carbocycles. The van der Waals surface area contributed by atoms with Gasteiger partial charge >= 0.3 is 0 Å². The van der Waals surface area contributed by atoms with E-state index in [2.05, 4.69) is 11.1 Å². The molecule has 4 heteroatoms. The van der Waals surface area contributed by atoms with E-state index >= 15 is 0 Å². The third-order valence-electron chi connectivity index (χ3n) is 1.86. The van der Waals surface area contributed by atoms with Gasteiger partial charge in [0.1, 0.15) is 5.52 Å². The van der Waals surface area contributed by atoms with Gasteiger partial charge in [-0.3, -0.25) is 0 Å². The minimum Gasteiger partial charge on any atom is -0.240 e. The van der Waals surface area contributed by atoms with Gasteiger partial charge in [0.15, 0.2) is 0 Å². The second kappa shape index (κ2) is 3.95. The number of aryl methyl sites for hydroxylation is 1. The number of fused-ring (bicyclic) bond motifs is 1. The highest BCUT2D eigenvalue weighted by Crippen LogP contribution is 2.28. The van der Waals surface area contributed by atoms with Crippen LogP contribution in [0.25, 0.3) is 10.2 Å².